The second-order valence-corrected chi connectivity index (χ2v) is 2.26. The van der Waals surface area contributed by atoms with Crippen molar-refractivity contribution in [2.24, 2.45) is 0 Å². The van der Waals surface area contributed by atoms with E-state index in [-0.39, 0.29) is 22.3 Å². The van der Waals surface area contributed by atoms with Crippen molar-refractivity contribution in [3.8, 4) is 5.75 Å². The third-order valence-electron chi connectivity index (χ3n) is 1.50. The van der Waals surface area contributed by atoms with Crippen LogP contribution in [0.3, 0.4) is 0 Å². The van der Waals surface area contributed by atoms with Gasteiger partial charge in [-0.15, -0.1) is 0 Å². The van der Waals surface area contributed by atoms with Crippen molar-refractivity contribution in [2.45, 2.75) is 0 Å². The minimum Gasteiger partial charge on any atom is -0.504 e. The van der Waals surface area contributed by atoms with Crippen molar-refractivity contribution < 1.29 is 5.11 Å². The topological polar surface area (TPSA) is 78.9 Å². The maximum absolute atomic E-state index is 11.1. The van der Waals surface area contributed by atoms with Crippen LogP contribution in [0.15, 0.2) is 23.4 Å². The van der Waals surface area contributed by atoms with Gasteiger partial charge < -0.3 is 10.1 Å². The molecule has 5 nitrogen and oxygen atoms in total. The molecule has 0 saturated heterocycles. The van der Waals surface area contributed by atoms with Gasteiger partial charge in [0.25, 0.3) is 5.56 Å². The Labute approximate surface area is 66.7 Å². The van der Waals surface area contributed by atoms with Gasteiger partial charge in [0.15, 0.2) is 11.3 Å². The molecule has 60 valence electrons. The molecule has 0 aliphatic heterocycles. The molecule has 0 radical (unpaired) electrons. The lowest BCUT2D eigenvalue weighted by molar-refractivity contribution is 0.477. The Bertz CT molecular complexity index is 477. The standard InChI is InChI=1S/C7H5N3O2/c11-4-3-10-7(12)6-5(4)8-1-2-9-6/h1-3,11H,(H,10,12). The maximum Gasteiger partial charge on any atom is 0.276 e. The molecule has 0 aromatic carbocycles. The first kappa shape index (κ1) is 6.78. The molecule has 2 rings (SSSR count). The molecule has 12 heavy (non-hydrogen) atoms. The smallest absolute Gasteiger partial charge is 0.276 e. The number of H-pyrrole nitrogens is 1. The van der Waals surface area contributed by atoms with Crippen LogP contribution >= 0.6 is 0 Å². The Morgan fingerprint density at radius 3 is 2.58 bits per heavy atom. The quantitative estimate of drug-likeness (QED) is 0.574. The highest BCUT2D eigenvalue weighted by atomic mass is 16.3. The van der Waals surface area contributed by atoms with Gasteiger partial charge in [0.05, 0.1) is 0 Å². The number of rotatable bonds is 0. The monoisotopic (exact) mass is 163 g/mol. The van der Waals surface area contributed by atoms with E-state index in [1.165, 1.54) is 18.6 Å². The van der Waals surface area contributed by atoms with Gasteiger partial charge in [-0.25, -0.2) is 9.97 Å². The van der Waals surface area contributed by atoms with E-state index >= 15 is 0 Å². The van der Waals surface area contributed by atoms with E-state index in [1.54, 1.807) is 0 Å². The number of aromatic nitrogens is 3. The van der Waals surface area contributed by atoms with Crippen molar-refractivity contribution in [3.05, 3.63) is 28.9 Å². The maximum atomic E-state index is 11.1. The van der Waals surface area contributed by atoms with E-state index in [1.807, 2.05) is 0 Å². The van der Waals surface area contributed by atoms with E-state index < -0.39 is 0 Å². The molecule has 0 aliphatic carbocycles. The molecule has 5 heteroatoms. The van der Waals surface area contributed by atoms with E-state index in [0.29, 0.717) is 0 Å². The Balaban J connectivity index is 3.05. The first-order chi connectivity index (χ1) is 5.79. The zero-order chi connectivity index (χ0) is 8.55. The normalized spacial score (nSPS) is 10.3. The Hall–Kier alpha value is -1.91. The average molecular weight is 163 g/mol. The van der Waals surface area contributed by atoms with Crippen LogP contribution in [0.2, 0.25) is 0 Å². The lowest BCUT2D eigenvalue weighted by Crippen LogP contribution is -2.06. The van der Waals surface area contributed by atoms with Crippen LogP contribution in [0.1, 0.15) is 0 Å². The fourth-order valence-corrected chi connectivity index (χ4v) is 0.962. The van der Waals surface area contributed by atoms with E-state index in [4.69, 9.17) is 0 Å². The minimum absolute atomic E-state index is 0.0716. The first-order valence-electron chi connectivity index (χ1n) is 3.30. The summed E-state index contributed by atoms with van der Waals surface area (Å²) in [6.07, 6.45) is 4.01. The zero-order valence-electron chi connectivity index (χ0n) is 5.98. The lowest BCUT2D eigenvalue weighted by Gasteiger charge is -1.95. The lowest BCUT2D eigenvalue weighted by atomic mass is 10.3. The molecule has 0 fully saturated rings. The molecule has 0 atom stereocenters. The Morgan fingerprint density at radius 2 is 1.92 bits per heavy atom. The van der Waals surface area contributed by atoms with Crippen molar-refractivity contribution in [2.75, 3.05) is 0 Å². The molecule has 0 aliphatic rings. The predicted molar refractivity (Wildman–Crippen MR) is 41.8 cm³/mol. The molecule has 0 unspecified atom stereocenters. The summed E-state index contributed by atoms with van der Waals surface area (Å²) < 4.78 is 0. The Morgan fingerprint density at radius 1 is 1.25 bits per heavy atom. The van der Waals surface area contributed by atoms with Gasteiger partial charge in [-0.2, -0.15) is 0 Å². The fraction of sp³-hybridized carbons (Fsp3) is 0. The molecule has 2 N–H and O–H groups in total. The SMILES string of the molecule is O=c1[nH]cc(O)c2nccnc12. The third kappa shape index (κ3) is 0.833. The van der Waals surface area contributed by atoms with Crippen LogP contribution in [-0.2, 0) is 0 Å². The van der Waals surface area contributed by atoms with E-state index in [9.17, 15) is 9.90 Å². The molecule has 0 bridgehead atoms. The van der Waals surface area contributed by atoms with Crippen molar-refractivity contribution in [3.63, 3.8) is 0 Å². The van der Waals surface area contributed by atoms with Crippen LogP contribution < -0.4 is 5.56 Å². The summed E-state index contributed by atoms with van der Waals surface area (Å²) in [5.41, 5.74) is 0.0228. The number of aromatic amines is 1. The van der Waals surface area contributed by atoms with Gasteiger partial charge in [0.1, 0.15) is 5.52 Å². The summed E-state index contributed by atoms with van der Waals surface area (Å²) in [7, 11) is 0. The van der Waals surface area contributed by atoms with Crippen LogP contribution in [0.4, 0.5) is 0 Å². The molecule has 0 amide bonds. The Kier molecular flexibility index (Phi) is 1.30. The molecular formula is C7H5N3O2. The fourth-order valence-electron chi connectivity index (χ4n) is 0.962. The summed E-state index contributed by atoms with van der Waals surface area (Å²) in [5, 5.41) is 9.22. The van der Waals surface area contributed by atoms with Gasteiger partial charge in [0, 0.05) is 18.6 Å². The minimum atomic E-state index is -0.351. The number of hydrogen-bond donors (Lipinski definition) is 2. The number of aromatic hydroxyl groups is 1. The number of fused-ring (bicyclic) bond motifs is 1. The van der Waals surface area contributed by atoms with Crippen molar-refractivity contribution in [1.82, 2.24) is 15.0 Å². The van der Waals surface area contributed by atoms with Crippen LogP contribution in [-0.4, -0.2) is 20.1 Å². The number of hydrogen-bond acceptors (Lipinski definition) is 4. The molecule has 0 spiro atoms. The van der Waals surface area contributed by atoms with Crippen molar-refractivity contribution >= 4 is 11.0 Å². The van der Waals surface area contributed by atoms with E-state index in [0.717, 1.165) is 0 Å². The van der Waals surface area contributed by atoms with Crippen LogP contribution in [0.25, 0.3) is 11.0 Å². The molecule has 2 aromatic rings. The number of nitrogens with zero attached hydrogens (tertiary/aromatic N) is 2. The van der Waals surface area contributed by atoms with Gasteiger partial charge in [-0.05, 0) is 0 Å². The van der Waals surface area contributed by atoms with Gasteiger partial charge in [-0.1, -0.05) is 0 Å². The van der Waals surface area contributed by atoms with Gasteiger partial charge in [-0.3, -0.25) is 4.79 Å². The van der Waals surface area contributed by atoms with Crippen molar-refractivity contribution in [1.29, 1.82) is 0 Å². The highest BCUT2D eigenvalue weighted by Gasteiger charge is 2.03. The number of pyridine rings is 1. The summed E-state index contributed by atoms with van der Waals surface area (Å²) in [6, 6.07) is 0. The summed E-state index contributed by atoms with van der Waals surface area (Å²) in [5.74, 6) is -0.0716. The molecule has 0 saturated carbocycles. The largest absolute Gasteiger partial charge is 0.504 e. The van der Waals surface area contributed by atoms with Gasteiger partial charge >= 0.3 is 0 Å². The molecule has 2 heterocycles. The second-order valence-electron chi connectivity index (χ2n) is 2.26. The predicted octanol–water partition coefficient (Wildman–Crippen LogP) is 0.0237. The van der Waals surface area contributed by atoms with Crippen LogP contribution in [0.5, 0.6) is 5.75 Å². The molecular weight excluding hydrogens is 158 g/mol. The summed E-state index contributed by atoms with van der Waals surface area (Å²) in [6.45, 7) is 0. The van der Waals surface area contributed by atoms with Gasteiger partial charge in [0.2, 0.25) is 0 Å². The third-order valence-corrected chi connectivity index (χ3v) is 1.50. The number of nitrogens with one attached hydrogen (secondary N) is 1. The zero-order valence-corrected chi connectivity index (χ0v) is 5.98. The molecule has 2 aromatic heterocycles. The highest BCUT2D eigenvalue weighted by molar-refractivity contribution is 5.78. The van der Waals surface area contributed by atoms with E-state index in [2.05, 4.69) is 15.0 Å². The summed E-state index contributed by atoms with van der Waals surface area (Å²) in [4.78, 5) is 21.0. The first-order valence-corrected chi connectivity index (χ1v) is 3.30. The second kappa shape index (κ2) is 2.30. The highest BCUT2D eigenvalue weighted by Crippen LogP contribution is 2.14. The average Bonchev–Trinajstić information content (AvgIpc) is 2.12. The summed E-state index contributed by atoms with van der Waals surface area (Å²) >= 11 is 0. The van der Waals surface area contributed by atoms with Crippen LogP contribution in [0, 0.1) is 0 Å².